The molecule has 4 nitrogen and oxygen atoms in total. The van der Waals surface area contributed by atoms with Gasteiger partial charge in [0.2, 0.25) is 0 Å². The summed E-state index contributed by atoms with van der Waals surface area (Å²) in [6.07, 6.45) is 3.72. The largest absolute Gasteiger partial charge is 0.361 e. The molecule has 1 aromatic heterocycles. The van der Waals surface area contributed by atoms with Crippen LogP contribution < -0.4 is 5.32 Å². The normalized spacial score (nSPS) is 26.2. The number of rotatable bonds is 6. The monoisotopic (exact) mass is 339 g/mol. The smallest absolute Gasteiger partial charge is 0.137 e. The van der Waals surface area contributed by atoms with Crippen LogP contribution in [-0.4, -0.2) is 35.7 Å². The van der Waals surface area contributed by atoms with Gasteiger partial charge in [0.25, 0.3) is 0 Å². The van der Waals surface area contributed by atoms with Crippen LogP contribution in [0.3, 0.4) is 0 Å². The van der Waals surface area contributed by atoms with Crippen LogP contribution in [0.4, 0.5) is 0 Å². The lowest BCUT2D eigenvalue weighted by molar-refractivity contribution is 0.289. The molecule has 1 saturated heterocycles. The van der Waals surface area contributed by atoms with E-state index in [1.165, 1.54) is 37.1 Å². The summed E-state index contributed by atoms with van der Waals surface area (Å²) >= 11 is 0. The molecule has 1 saturated carbocycles. The Kier molecular flexibility index (Phi) is 4.91. The van der Waals surface area contributed by atoms with E-state index < -0.39 is 0 Å². The highest BCUT2D eigenvalue weighted by atomic mass is 16.5. The molecule has 0 unspecified atom stereocenters. The highest BCUT2D eigenvalue weighted by molar-refractivity contribution is 5.21. The van der Waals surface area contributed by atoms with E-state index in [1.807, 2.05) is 13.8 Å². The average molecular weight is 339 g/mol. The molecule has 1 aliphatic heterocycles. The molecule has 134 valence electrons. The predicted molar refractivity (Wildman–Crippen MR) is 99.4 cm³/mol. The van der Waals surface area contributed by atoms with Crippen molar-refractivity contribution in [3.63, 3.8) is 0 Å². The van der Waals surface area contributed by atoms with Crippen LogP contribution in [-0.2, 0) is 13.0 Å². The second-order valence-electron chi connectivity index (χ2n) is 7.79. The first-order valence-electron chi connectivity index (χ1n) is 9.62. The lowest BCUT2D eigenvalue weighted by Crippen LogP contribution is -2.37. The van der Waals surface area contributed by atoms with Crippen molar-refractivity contribution in [2.24, 2.45) is 11.8 Å². The Bertz CT molecular complexity index is 677. The Morgan fingerprint density at radius 1 is 1.16 bits per heavy atom. The maximum Gasteiger partial charge on any atom is 0.137 e. The molecule has 2 aliphatic rings. The zero-order valence-corrected chi connectivity index (χ0v) is 15.4. The number of benzene rings is 1. The van der Waals surface area contributed by atoms with Crippen LogP contribution in [0.15, 0.2) is 34.9 Å². The van der Waals surface area contributed by atoms with Crippen molar-refractivity contribution in [2.75, 3.05) is 19.6 Å². The summed E-state index contributed by atoms with van der Waals surface area (Å²) in [7, 11) is 0. The zero-order valence-electron chi connectivity index (χ0n) is 15.4. The van der Waals surface area contributed by atoms with Crippen molar-refractivity contribution in [3.8, 4) is 0 Å². The SMILES string of the molecule is Cc1noc(C)c1CCN[C@@H]1CC[C@@H]2CN(Cc3ccccc3)C[C@H]21. The van der Waals surface area contributed by atoms with Gasteiger partial charge in [0, 0.05) is 31.2 Å². The Hall–Kier alpha value is -1.65. The first-order valence-corrected chi connectivity index (χ1v) is 9.62. The molecule has 0 spiro atoms. The summed E-state index contributed by atoms with van der Waals surface area (Å²) in [5.41, 5.74) is 3.75. The van der Waals surface area contributed by atoms with E-state index in [2.05, 4.69) is 45.7 Å². The van der Waals surface area contributed by atoms with Crippen molar-refractivity contribution in [3.05, 3.63) is 52.9 Å². The molecule has 3 atom stereocenters. The third-order valence-electron chi connectivity index (χ3n) is 6.14. The van der Waals surface area contributed by atoms with Gasteiger partial charge in [-0.1, -0.05) is 35.5 Å². The fourth-order valence-corrected chi connectivity index (χ4v) is 4.82. The van der Waals surface area contributed by atoms with Gasteiger partial charge in [0.15, 0.2) is 0 Å². The van der Waals surface area contributed by atoms with Gasteiger partial charge in [-0.2, -0.15) is 0 Å². The number of aromatic nitrogens is 1. The molecule has 0 amide bonds. The Morgan fingerprint density at radius 2 is 2.00 bits per heavy atom. The molecular weight excluding hydrogens is 310 g/mol. The summed E-state index contributed by atoms with van der Waals surface area (Å²) in [4.78, 5) is 2.65. The molecule has 4 heteroatoms. The van der Waals surface area contributed by atoms with Crippen molar-refractivity contribution in [2.45, 2.75) is 45.7 Å². The predicted octanol–water partition coefficient (Wildman–Crippen LogP) is 3.33. The summed E-state index contributed by atoms with van der Waals surface area (Å²) in [5, 5.41) is 7.89. The van der Waals surface area contributed by atoms with Gasteiger partial charge in [-0.25, -0.2) is 0 Å². The minimum absolute atomic E-state index is 0.672. The fourth-order valence-electron chi connectivity index (χ4n) is 4.82. The van der Waals surface area contributed by atoms with E-state index in [-0.39, 0.29) is 0 Å². The van der Waals surface area contributed by atoms with E-state index in [1.54, 1.807) is 0 Å². The average Bonchev–Trinajstić information content (AvgIpc) is 3.26. The molecule has 25 heavy (non-hydrogen) atoms. The molecule has 1 N–H and O–H groups in total. The van der Waals surface area contributed by atoms with Crippen molar-refractivity contribution < 1.29 is 4.52 Å². The van der Waals surface area contributed by atoms with Gasteiger partial charge in [-0.3, -0.25) is 4.90 Å². The van der Waals surface area contributed by atoms with Crippen LogP contribution in [0.2, 0.25) is 0 Å². The van der Waals surface area contributed by atoms with Crippen molar-refractivity contribution in [1.29, 1.82) is 0 Å². The topological polar surface area (TPSA) is 41.3 Å². The number of hydrogen-bond acceptors (Lipinski definition) is 4. The highest BCUT2D eigenvalue weighted by Gasteiger charge is 2.42. The first kappa shape index (κ1) is 16.8. The van der Waals surface area contributed by atoms with E-state index in [0.29, 0.717) is 6.04 Å². The minimum atomic E-state index is 0.672. The van der Waals surface area contributed by atoms with Gasteiger partial charge in [0.1, 0.15) is 5.76 Å². The third-order valence-corrected chi connectivity index (χ3v) is 6.14. The number of nitrogens with one attached hydrogen (secondary N) is 1. The second-order valence-corrected chi connectivity index (χ2v) is 7.79. The third kappa shape index (κ3) is 3.65. The summed E-state index contributed by atoms with van der Waals surface area (Å²) in [6.45, 7) is 8.68. The maximum atomic E-state index is 5.27. The van der Waals surface area contributed by atoms with Crippen LogP contribution in [0.1, 0.15) is 35.4 Å². The van der Waals surface area contributed by atoms with Crippen LogP contribution >= 0.6 is 0 Å². The van der Waals surface area contributed by atoms with Crippen molar-refractivity contribution >= 4 is 0 Å². The molecular formula is C21H29N3O. The van der Waals surface area contributed by atoms with Crippen LogP contribution in [0.5, 0.6) is 0 Å². The van der Waals surface area contributed by atoms with E-state index in [0.717, 1.165) is 42.8 Å². The van der Waals surface area contributed by atoms with Crippen molar-refractivity contribution in [1.82, 2.24) is 15.4 Å². The number of likely N-dealkylation sites (tertiary alicyclic amines) is 1. The number of aryl methyl sites for hydroxylation is 2. The Balaban J connectivity index is 1.28. The molecule has 1 aromatic carbocycles. The molecule has 0 bridgehead atoms. The summed E-state index contributed by atoms with van der Waals surface area (Å²) < 4.78 is 5.27. The molecule has 2 aromatic rings. The lowest BCUT2D eigenvalue weighted by Gasteiger charge is -2.22. The summed E-state index contributed by atoms with van der Waals surface area (Å²) in [6, 6.07) is 11.5. The molecule has 4 rings (SSSR count). The van der Waals surface area contributed by atoms with Gasteiger partial charge >= 0.3 is 0 Å². The van der Waals surface area contributed by atoms with Crippen LogP contribution in [0, 0.1) is 25.7 Å². The molecule has 0 radical (unpaired) electrons. The quantitative estimate of drug-likeness (QED) is 0.876. The molecule has 2 heterocycles. The van der Waals surface area contributed by atoms with E-state index in [9.17, 15) is 0 Å². The number of fused-ring (bicyclic) bond motifs is 1. The lowest BCUT2D eigenvalue weighted by atomic mass is 9.97. The standard InChI is InChI=1S/C21H29N3O/c1-15-19(16(2)25-23-15)10-11-22-21-9-8-18-13-24(14-20(18)21)12-17-6-4-3-5-7-17/h3-7,18,20-22H,8-14H2,1-2H3/t18-,20-,21-/m1/s1. The Labute approximate surface area is 150 Å². The van der Waals surface area contributed by atoms with E-state index >= 15 is 0 Å². The molecule has 2 fully saturated rings. The van der Waals surface area contributed by atoms with Crippen LogP contribution in [0.25, 0.3) is 0 Å². The van der Waals surface area contributed by atoms with Gasteiger partial charge in [-0.15, -0.1) is 0 Å². The minimum Gasteiger partial charge on any atom is -0.361 e. The first-order chi connectivity index (χ1) is 12.2. The van der Waals surface area contributed by atoms with E-state index in [4.69, 9.17) is 4.52 Å². The number of hydrogen-bond donors (Lipinski definition) is 1. The maximum absolute atomic E-state index is 5.27. The van der Waals surface area contributed by atoms with Gasteiger partial charge in [0.05, 0.1) is 5.69 Å². The molecule has 1 aliphatic carbocycles. The number of nitrogens with zero attached hydrogens (tertiary/aromatic N) is 2. The highest BCUT2D eigenvalue weighted by Crippen LogP contribution is 2.38. The summed E-state index contributed by atoms with van der Waals surface area (Å²) in [5.74, 6) is 2.66. The Morgan fingerprint density at radius 3 is 2.76 bits per heavy atom. The second kappa shape index (κ2) is 7.30. The van der Waals surface area contributed by atoms with Gasteiger partial charge < -0.3 is 9.84 Å². The zero-order chi connectivity index (χ0) is 17.2. The van der Waals surface area contributed by atoms with Gasteiger partial charge in [-0.05, 0) is 57.1 Å². The fraction of sp³-hybridized carbons (Fsp3) is 0.571.